The molecule has 158 valence electrons. The number of nitrogens with one attached hydrogen (secondary N) is 1. The van der Waals surface area contributed by atoms with Crippen molar-refractivity contribution in [2.75, 3.05) is 13.2 Å². The molecule has 0 heterocycles. The Morgan fingerprint density at radius 2 is 1.67 bits per heavy atom. The Morgan fingerprint density at radius 1 is 1.04 bits per heavy atom. The van der Waals surface area contributed by atoms with E-state index in [1.54, 1.807) is 0 Å². The second-order valence-electron chi connectivity index (χ2n) is 6.84. The second-order valence-corrected chi connectivity index (χ2v) is 8.04. The molecule has 0 aromatic carbocycles. The molecule has 9 atom stereocenters. The van der Waals surface area contributed by atoms with Crippen molar-refractivity contribution >= 4 is 7.82 Å². The first-order chi connectivity index (χ1) is 12.5. The van der Waals surface area contributed by atoms with Gasteiger partial charge in [-0.3, -0.25) is 4.52 Å². The van der Waals surface area contributed by atoms with Crippen molar-refractivity contribution < 1.29 is 54.6 Å². The first kappa shape index (κ1) is 22.8. The highest BCUT2D eigenvalue weighted by molar-refractivity contribution is 7.46. The average molecular weight is 415 g/mol. The fourth-order valence-electron chi connectivity index (χ4n) is 3.55. The van der Waals surface area contributed by atoms with Gasteiger partial charge in [-0.1, -0.05) is 6.08 Å². The van der Waals surface area contributed by atoms with Gasteiger partial charge < -0.3 is 50.8 Å². The molecule has 0 aliphatic heterocycles. The van der Waals surface area contributed by atoms with E-state index >= 15 is 0 Å². The number of hydrogen-bond acceptors (Lipinski definition) is 10. The molecule has 0 amide bonds. The monoisotopic (exact) mass is 415 g/mol. The molecular weight excluding hydrogens is 389 g/mol. The van der Waals surface area contributed by atoms with Crippen LogP contribution in [-0.4, -0.2) is 107 Å². The molecule has 1 saturated carbocycles. The maximum Gasteiger partial charge on any atom is 0.469 e. The Bertz CT molecular complexity index is 581. The highest BCUT2D eigenvalue weighted by Gasteiger charge is 2.48. The van der Waals surface area contributed by atoms with E-state index in [-0.39, 0.29) is 12.0 Å². The van der Waals surface area contributed by atoms with Gasteiger partial charge in [-0.25, -0.2) is 4.57 Å². The van der Waals surface area contributed by atoms with Gasteiger partial charge in [0.2, 0.25) is 0 Å². The molecule has 0 aromatic heterocycles. The third kappa shape index (κ3) is 5.12. The summed E-state index contributed by atoms with van der Waals surface area (Å²) in [6, 6.07) is -1.96. The van der Waals surface area contributed by atoms with Crippen molar-refractivity contribution in [2.45, 2.75) is 55.1 Å². The van der Waals surface area contributed by atoms with Crippen LogP contribution in [0.1, 0.15) is 6.42 Å². The SMILES string of the molecule is O=P(O)(O)O[C@@H]1[C@@H](CO)C[C@H](N[C@H]2C=C(CO)[C@@H](O)[C@H](O)[C@H]2O)[C@H](O)[C@H]1O. The van der Waals surface area contributed by atoms with Gasteiger partial charge in [-0.05, 0) is 12.0 Å². The topological polar surface area (TPSA) is 220 Å². The predicted octanol–water partition coefficient (Wildman–Crippen LogP) is -4.46. The largest absolute Gasteiger partial charge is 0.469 e. The summed E-state index contributed by atoms with van der Waals surface area (Å²) >= 11 is 0. The number of rotatable bonds is 6. The van der Waals surface area contributed by atoms with Crippen LogP contribution in [-0.2, 0) is 9.09 Å². The molecule has 0 aromatic rings. The van der Waals surface area contributed by atoms with Gasteiger partial charge in [0, 0.05) is 18.6 Å². The number of aliphatic hydroxyl groups excluding tert-OH is 7. The highest BCUT2D eigenvalue weighted by Crippen LogP contribution is 2.43. The summed E-state index contributed by atoms with van der Waals surface area (Å²) in [5, 5.41) is 71.7. The molecule has 0 radical (unpaired) electrons. The Morgan fingerprint density at radius 3 is 2.19 bits per heavy atom. The van der Waals surface area contributed by atoms with Crippen LogP contribution in [0.15, 0.2) is 11.6 Å². The van der Waals surface area contributed by atoms with Crippen LogP contribution >= 0.6 is 7.82 Å². The van der Waals surface area contributed by atoms with Crippen LogP contribution in [0.4, 0.5) is 0 Å². The second kappa shape index (κ2) is 8.91. The van der Waals surface area contributed by atoms with Gasteiger partial charge in [0.15, 0.2) is 0 Å². The zero-order valence-electron chi connectivity index (χ0n) is 14.2. The number of phosphoric ester groups is 1. The molecule has 0 unspecified atom stereocenters. The summed E-state index contributed by atoms with van der Waals surface area (Å²) in [4.78, 5) is 17.9. The van der Waals surface area contributed by atoms with Crippen LogP contribution in [0, 0.1) is 5.92 Å². The molecule has 2 aliphatic rings. The van der Waals surface area contributed by atoms with E-state index in [1.807, 2.05) is 0 Å². The Labute approximate surface area is 154 Å². The van der Waals surface area contributed by atoms with E-state index in [9.17, 15) is 40.3 Å². The summed E-state index contributed by atoms with van der Waals surface area (Å²) in [6.07, 6.45) is -8.19. The first-order valence-corrected chi connectivity index (χ1v) is 9.85. The van der Waals surface area contributed by atoms with E-state index in [0.29, 0.717) is 0 Å². The molecule has 0 saturated heterocycles. The fraction of sp³-hybridized carbons (Fsp3) is 0.857. The maximum atomic E-state index is 11.1. The van der Waals surface area contributed by atoms with Crippen molar-refractivity contribution in [1.82, 2.24) is 5.32 Å². The molecule has 0 bridgehead atoms. The summed E-state index contributed by atoms with van der Waals surface area (Å²) < 4.78 is 15.5. The van der Waals surface area contributed by atoms with Crippen molar-refractivity contribution in [1.29, 1.82) is 0 Å². The first-order valence-electron chi connectivity index (χ1n) is 8.32. The minimum atomic E-state index is -4.98. The summed E-state index contributed by atoms with van der Waals surface area (Å²) in [6.45, 7) is -1.17. The van der Waals surface area contributed by atoms with Crippen molar-refractivity contribution in [3.05, 3.63) is 11.6 Å². The Balaban J connectivity index is 2.17. The molecule has 2 rings (SSSR count). The lowest BCUT2D eigenvalue weighted by molar-refractivity contribution is -0.131. The van der Waals surface area contributed by atoms with Gasteiger partial charge in [0.05, 0.1) is 18.8 Å². The number of hydrogen-bond donors (Lipinski definition) is 10. The minimum Gasteiger partial charge on any atom is -0.396 e. The molecule has 2 aliphatic carbocycles. The van der Waals surface area contributed by atoms with E-state index < -0.39 is 75.7 Å². The van der Waals surface area contributed by atoms with Gasteiger partial charge >= 0.3 is 7.82 Å². The Hall–Kier alpha value is -0.470. The zero-order valence-corrected chi connectivity index (χ0v) is 15.1. The van der Waals surface area contributed by atoms with Gasteiger partial charge in [-0.15, -0.1) is 0 Å². The van der Waals surface area contributed by atoms with Gasteiger partial charge in [0.1, 0.15) is 30.5 Å². The van der Waals surface area contributed by atoms with E-state index in [0.717, 1.165) is 0 Å². The molecule has 10 N–H and O–H groups in total. The van der Waals surface area contributed by atoms with Gasteiger partial charge in [0.25, 0.3) is 0 Å². The average Bonchev–Trinajstić information content (AvgIpc) is 2.60. The summed E-state index contributed by atoms with van der Waals surface area (Å²) in [5.41, 5.74) is 0.0533. The maximum absolute atomic E-state index is 11.1. The molecule has 12 nitrogen and oxygen atoms in total. The molecular formula is C14H26NO11P. The molecule has 1 fully saturated rings. The van der Waals surface area contributed by atoms with Crippen LogP contribution in [0.2, 0.25) is 0 Å². The molecule has 13 heteroatoms. The normalized spacial score (nSPS) is 43.4. The third-order valence-corrected chi connectivity index (χ3v) is 5.54. The minimum absolute atomic E-state index is 0.0533. The number of aliphatic hydroxyl groups is 7. The van der Waals surface area contributed by atoms with Crippen molar-refractivity contribution in [3.8, 4) is 0 Å². The summed E-state index contributed by atoms with van der Waals surface area (Å²) in [5.74, 6) is -0.939. The van der Waals surface area contributed by atoms with Crippen molar-refractivity contribution in [2.24, 2.45) is 5.92 Å². The van der Waals surface area contributed by atoms with E-state index in [4.69, 9.17) is 9.79 Å². The van der Waals surface area contributed by atoms with Crippen LogP contribution in [0.25, 0.3) is 0 Å². The van der Waals surface area contributed by atoms with Crippen LogP contribution in [0.3, 0.4) is 0 Å². The third-order valence-electron chi connectivity index (χ3n) is 5.02. The van der Waals surface area contributed by atoms with Crippen LogP contribution in [0.5, 0.6) is 0 Å². The highest BCUT2D eigenvalue weighted by atomic mass is 31.2. The number of phosphoric acid groups is 1. The predicted molar refractivity (Wildman–Crippen MR) is 88.0 cm³/mol. The molecule has 27 heavy (non-hydrogen) atoms. The Kier molecular flexibility index (Phi) is 7.53. The lowest BCUT2D eigenvalue weighted by Crippen LogP contribution is -2.63. The van der Waals surface area contributed by atoms with Crippen LogP contribution < -0.4 is 5.32 Å². The lowest BCUT2D eigenvalue weighted by atomic mass is 9.78. The van der Waals surface area contributed by atoms with E-state index in [1.165, 1.54) is 6.08 Å². The zero-order chi connectivity index (χ0) is 20.5. The molecule has 0 spiro atoms. The standard InChI is InChI=1S/C14H26NO11P/c16-3-5-1-7(10(19)12(21)9(5)18)15-8-2-6(4-17)14(13(22)11(8)20)26-27(23,24)25/h1,6-22H,2-4H2,(H2,23,24,25)/t6-,7+,8+,9-,10+,11+,12+,13-,14-/m1/s1. The summed E-state index contributed by atoms with van der Waals surface area (Å²) in [7, 11) is -4.98. The lowest BCUT2D eigenvalue weighted by Gasteiger charge is -2.44. The van der Waals surface area contributed by atoms with Crippen molar-refractivity contribution in [3.63, 3.8) is 0 Å². The smallest absolute Gasteiger partial charge is 0.396 e. The van der Waals surface area contributed by atoms with Gasteiger partial charge in [-0.2, -0.15) is 0 Å². The quantitative estimate of drug-likeness (QED) is 0.147. The van der Waals surface area contributed by atoms with E-state index in [2.05, 4.69) is 9.84 Å². The fourth-order valence-corrected chi connectivity index (χ4v) is 4.16.